The van der Waals surface area contributed by atoms with Crippen molar-refractivity contribution in [3.8, 4) is 11.5 Å². The minimum Gasteiger partial charge on any atom is -0.497 e. The SMILES string of the molecule is COc1ccc(CN2CCC(C(=O)NC3CCCCCC3)CC2)c(OC)c1. The Morgan fingerprint density at radius 3 is 2.37 bits per heavy atom. The van der Waals surface area contributed by atoms with Crippen LogP contribution in [0.2, 0.25) is 0 Å². The van der Waals surface area contributed by atoms with Crippen LogP contribution in [0.5, 0.6) is 11.5 Å². The topological polar surface area (TPSA) is 50.8 Å². The maximum absolute atomic E-state index is 12.7. The van der Waals surface area contributed by atoms with Gasteiger partial charge in [0, 0.05) is 30.1 Å². The zero-order chi connectivity index (χ0) is 19.1. The van der Waals surface area contributed by atoms with E-state index in [0.717, 1.165) is 56.8 Å². The highest BCUT2D eigenvalue weighted by atomic mass is 16.5. The van der Waals surface area contributed by atoms with Gasteiger partial charge < -0.3 is 14.8 Å². The fourth-order valence-corrected chi connectivity index (χ4v) is 4.32. The summed E-state index contributed by atoms with van der Waals surface area (Å²) in [5.41, 5.74) is 1.17. The summed E-state index contributed by atoms with van der Waals surface area (Å²) >= 11 is 0. The lowest BCUT2D eigenvalue weighted by atomic mass is 9.94. The number of piperidine rings is 1. The molecule has 27 heavy (non-hydrogen) atoms. The highest BCUT2D eigenvalue weighted by Crippen LogP contribution is 2.28. The second-order valence-electron chi connectivity index (χ2n) is 7.93. The Labute approximate surface area is 163 Å². The summed E-state index contributed by atoms with van der Waals surface area (Å²) in [6, 6.07) is 6.39. The van der Waals surface area contributed by atoms with Crippen molar-refractivity contribution in [3.63, 3.8) is 0 Å². The van der Waals surface area contributed by atoms with E-state index in [-0.39, 0.29) is 11.8 Å². The Morgan fingerprint density at radius 2 is 1.74 bits per heavy atom. The molecule has 1 N–H and O–H groups in total. The molecular weight excluding hydrogens is 340 g/mol. The number of carbonyl (C=O) groups is 1. The number of nitrogens with one attached hydrogen (secondary N) is 1. The lowest BCUT2D eigenvalue weighted by molar-refractivity contribution is -0.127. The van der Waals surface area contributed by atoms with Gasteiger partial charge in [-0.25, -0.2) is 0 Å². The number of hydrogen-bond donors (Lipinski definition) is 1. The molecule has 1 aromatic carbocycles. The fourth-order valence-electron chi connectivity index (χ4n) is 4.32. The summed E-state index contributed by atoms with van der Waals surface area (Å²) in [6.07, 6.45) is 9.34. The molecule has 0 atom stereocenters. The third-order valence-electron chi connectivity index (χ3n) is 6.05. The standard InChI is InChI=1S/C22H34N2O3/c1-26-20-10-9-18(21(15-20)27-2)16-24-13-11-17(12-14-24)22(25)23-19-7-5-3-4-6-8-19/h9-10,15,17,19H,3-8,11-14,16H2,1-2H3,(H,23,25). The molecule has 0 unspecified atom stereocenters. The predicted octanol–water partition coefficient (Wildman–Crippen LogP) is 3.75. The van der Waals surface area contributed by atoms with E-state index in [1.165, 1.54) is 31.2 Å². The van der Waals surface area contributed by atoms with Gasteiger partial charge in [-0.3, -0.25) is 9.69 Å². The van der Waals surface area contributed by atoms with Crippen LogP contribution in [0.15, 0.2) is 18.2 Å². The Morgan fingerprint density at radius 1 is 1.04 bits per heavy atom. The van der Waals surface area contributed by atoms with Crippen molar-refractivity contribution in [2.45, 2.75) is 64.0 Å². The first-order valence-corrected chi connectivity index (χ1v) is 10.4. The van der Waals surface area contributed by atoms with Crippen molar-refractivity contribution in [3.05, 3.63) is 23.8 Å². The normalized spacial score (nSPS) is 20.1. The van der Waals surface area contributed by atoms with E-state index in [0.29, 0.717) is 6.04 Å². The molecule has 3 rings (SSSR count). The molecule has 1 heterocycles. The molecular formula is C22H34N2O3. The van der Waals surface area contributed by atoms with Crippen molar-refractivity contribution in [2.24, 2.45) is 5.92 Å². The molecule has 1 aliphatic heterocycles. The molecule has 5 heteroatoms. The van der Waals surface area contributed by atoms with Gasteiger partial charge in [-0.1, -0.05) is 31.7 Å². The number of carbonyl (C=O) groups excluding carboxylic acids is 1. The summed E-state index contributed by atoms with van der Waals surface area (Å²) < 4.78 is 10.8. The number of likely N-dealkylation sites (tertiary alicyclic amines) is 1. The summed E-state index contributed by atoms with van der Waals surface area (Å²) in [5.74, 6) is 2.12. The predicted molar refractivity (Wildman–Crippen MR) is 107 cm³/mol. The van der Waals surface area contributed by atoms with Crippen molar-refractivity contribution >= 4 is 5.91 Å². The van der Waals surface area contributed by atoms with E-state index in [2.05, 4.69) is 16.3 Å². The van der Waals surface area contributed by atoms with E-state index in [9.17, 15) is 4.79 Å². The van der Waals surface area contributed by atoms with Crippen LogP contribution in [0.4, 0.5) is 0 Å². The van der Waals surface area contributed by atoms with Gasteiger partial charge in [0.25, 0.3) is 0 Å². The highest BCUT2D eigenvalue weighted by molar-refractivity contribution is 5.79. The average Bonchev–Trinajstić information content (AvgIpc) is 2.97. The van der Waals surface area contributed by atoms with Crippen molar-refractivity contribution < 1.29 is 14.3 Å². The van der Waals surface area contributed by atoms with Crippen LogP contribution in [0.3, 0.4) is 0 Å². The van der Waals surface area contributed by atoms with Crippen LogP contribution >= 0.6 is 0 Å². The zero-order valence-corrected chi connectivity index (χ0v) is 16.8. The van der Waals surface area contributed by atoms with E-state index >= 15 is 0 Å². The molecule has 0 spiro atoms. The van der Waals surface area contributed by atoms with Crippen molar-refractivity contribution in [1.82, 2.24) is 10.2 Å². The molecule has 150 valence electrons. The lowest BCUT2D eigenvalue weighted by Gasteiger charge is -2.32. The molecule has 2 fully saturated rings. The monoisotopic (exact) mass is 374 g/mol. The number of amides is 1. The lowest BCUT2D eigenvalue weighted by Crippen LogP contribution is -2.43. The molecule has 2 aliphatic rings. The van der Waals surface area contributed by atoms with E-state index in [4.69, 9.17) is 9.47 Å². The second-order valence-corrected chi connectivity index (χ2v) is 7.93. The number of ether oxygens (including phenoxy) is 2. The number of nitrogens with zero attached hydrogens (tertiary/aromatic N) is 1. The zero-order valence-electron chi connectivity index (χ0n) is 16.8. The molecule has 5 nitrogen and oxygen atoms in total. The van der Waals surface area contributed by atoms with Gasteiger partial charge in [0.2, 0.25) is 5.91 Å². The van der Waals surface area contributed by atoms with Gasteiger partial charge in [0.05, 0.1) is 14.2 Å². The Hall–Kier alpha value is -1.75. The summed E-state index contributed by atoms with van der Waals surface area (Å²) in [7, 11) is 3.36. The quantitative estimate of drug-likeness (QED) is 0.771. The summed E-state index contributed by atoms with van der Waals surface area (Å²) in [6.45, 7) is 2.76. The van der Waals surface area contributed by atoms with Gasteiger partial charge in [-0.2, -0.15) is 0 Å². The van der Waals surface area contributed by atoms with Gasteiger partial charge in [0.15, 0.2) is 0 Å². The fraction of sp³-hybridized carbons (Fsp3) is 0.682. The number of benzene rings is 1. The number of rotatable bonds is 6. The maximum atomic E-state index is 12.7. The Balaban J connectivity index is 1.48. The van der Waals surface area contributed by atoms with Gasteiger partial charge in [-0.05, 0) is 44.8 Å². The van der Waals surface area contributed by atoms with Crippen LogP contribution in [0.25, 0.3) is 0 Å². The minimum atomic E-state index is 0.169. The number of methoxy groups -OCH3 is 2. The molecule has 1 aliphatic carbocycles. The van der Waals surface area contributed by atoms with Crippen LogP contribution in [0.1, 0.15) is 56.9 Å². The first kappa shape index (κ1) is 20.0. The molecule has 1 amide bonds. The van der Waals surface area contributed by atoms with Gasteiger partial charge >= 0.3 is 0 Å². The summed E-state index contributed by atoms with van der Waals surface area (Å²) in [4.78, 5) is 15.1. The van der Waals surface area contributed by atoms with Gasteiger partial charge in [0.1, 0.15) is 11.5 Å². The maximum Gasteiger partial charge on any atom is 0.223 e. The van der Waals surface area contributed by atoms with Gasteiger partial charge in [-0.15, -0.1) is 0 Å². The Kier molecular flexibility index (Phi) is 7.39. The molecule has 0 radical (unpaired) electrons. The van der Waals surface area contributed by atoms with E-state index in [1.807, 2.05) is 12.1 Å². The third kappa shape index (κ3) is 5.61. The highest BCUT2D eigenvalue weighted by Gasteiger charge is 2.27. The molecule has 0 aromatic heterocycles. The second kappa shape index (κ2) is 9.98. The van der Waals surface area contributed by atoms with Crippen LogP contribution < -0.4 is 14.8 Å². The van der Waals surface area contributed by atoms with Crippen LogP contribution in [-0.2, 0) is 11.3 Å². The van der Waals surface area contributed by atoms with Crippen molar-refractivity contribution in [2.75, 3.05) is 27.3 Å². The smallest absolute Gasteiger partial charge is 0.223 e. The first-order valence-electron chi connectivity index (χ1n) is 10.4. The average molecular weight is 375 g/mol. The van der Waals surface area contributed by atoms with E-state index in [1.54, 1.807) is 14.2 Å². The first-order chi connectivity index (χ1) is 13.2. The van der Waals surface area contributed by atoms with Crippen LogP contribution in [-0.4, -0.2) is 44.2 Å². The Bertz CT molecular complexity index is 604. The minimum absolute atomic E-state index is 0.169. The largest absolute Gasteiger partial charge is 0.497 e. The van der Waals surface area contributed by atoms with E-state index < -0.39 is 0 Å². The molecule has 1 saturated heterocycles. The number of hydrogen-bond acceptors (Lipinski definition) is 4. The third-order valence-corrected chi connectivity index (χ3v) is 6.05. The molecule has 1 aromatic rings. The molecule has 0 bridgehead atoms. The van der Waals surface area contributed by atoms with Crippen LogP contribution in [0, 0.1) is 5.92 Å². The molecule has 1 saturated carbocycles. The van der Waals surface area contributed by atoms with Crippen molar-refractivity contribution in [1.29, 1.82) is 0 Å². The summed E-state index contributed by atoms with van der Waals surface area (Å²) in [5, 5.41) is 3.33.